The molecule has 4 aliphatic heterocycles. The average Bonchev–Trinajstić information content (AvgIpc) is 3.92. The SMILES string of the molecule is COC(=O)CCc1cc2c(OC)nc3c(F)c(-c4cc(O)cc5ccccc45)ncc3c2n1C1C2CNC1C2.FC1CC2CCCN2C1. The fourth-order valence-corrected chi connectivity index (χ4v) is 8.50. The first-order valence-electron chi connectivity index (χ1n) is 16.8. The Bertz CT molecular complexity index is 2020. The molecule has 2 aromatic carbocycles. The zero-order valence-electron chi connectivity index (χ0n) is 27.1. The maximum Gasteiger partial charge on any atom is 0.305 e. The highest BCUT2D eigenvalue weighted by Crippen LogP contribution is 2.48. The largest absolute Gasteiger partial charge is 0.508 e. The molecule has 1 saturated carbocycles. The van der Waals surface area contributed by atoms with Gasteiger partial charge in [0.05, 0.1) is 37.6 Å². The number of esters is 1. The second-order valence-electron chi connectivity index (χ2n) is 13.5. The van der Waals surface area contributed by atoms with Gasteiger partial charge >= 0.3 is 5.97 Å². The molecule has 250 valence electrons. The number of aryl methyl sites for hydroxylation is 1. The minimum Gasteiger partial charge on any atom is -0.508 e. The number of nitrogens with one attached hydrogen (secondary N) is 1. The summed E-state index contributed by atoms with van der Waals surface area (Å²) in [6, 6.07) is 13.8. The molecule has 4 saturated heterocycles. The first kappa shape index (κ1) is 31.0. The number of alkyl halides is 1. The molecule has 48 heavy (non-hydrogen) atoms. The summed E-state index contributed by atoms with van der Waals surface area (Å²) in [5.41, 5.74) is 2.50. The van der Waals surface area contributed by atoms with E-state index in [0.29, 0.717) is 47.8 Å². The number of fused-ring (bicyclic) bond motifs is 6. The third-order valence-electron chi connectivity index (χ3n) is 10.8. The van der Waals surface area contributed by atoms with Crippen LogP contribution in [0.1, 0.15) is 43.8 Å². The summed E-state index contributed by atoms with van der Waals surface area (Å²) in [6.07, 6.45) is 6.27. The first-order chi connectivity index (χ1) is 23.3. The lowest BCUT2D eigenvalue weighted by atomic mass is 9.79. The van der Waals surface area contributed by atoms with Crippen LogP contribution < -0.4 is 10.1 Å². The van der Waals surface area contributed by atoms with Crippen LogP contribution >= 0.6 is 0 Å². The van der Waals surface area contributed by atoms with Crippen LogP contribution in [0.5, 0.6) is 11.6 Å². The van der Waals surface area contributed by atoms with Gasteiger partial charge in [-0.15, -0.1) is 0 Å². The lowest BCUT2D eigenvalue weighted by Gasteiger charge is -2.38. The van der Waals surface area contributed by atoms with Gasteiger partial charge in [-0.3, -0.25) is 14.7 Å². The molecule has 1 aliphatic carbocycles. The van der Waals surface area contributed by atoms with Crippen LogP contribution in [0.4, 0.5) is 8.78 Å². The normalized spacial score (nSPS) is 24.5. The monoisotopic (exact) mass is 655 g/mol. The highest BCUT2D eigenvalue weighted by atomic mass is 19.1. The molecule has 5 aliphatic rings. The fourth-order valence-electron chi connectivity index (χ4n) is 8.50. The highest BCUT2D eigenvalue weighted by molar-refractivity contribution is 6.08. The van der Waals surface area contributed by atoms with Gasteiger partial charge in [-0.1, -0.05) is 24.3 Å². The first-order valence-corrected chi connectivity index (χ1v) is 16.8. The Balaban J connectivity index is 0.000000321. The van der Waals surface area contributed by atoms with Gasteiger partial charge < -0.3 is 24.5 Å². The predicted octanol–water partition coefficient (Wildman–Crippen LogP) is 6.09. The smallest absolute Gasteiger partial charge is 0.305 e. The number of pyridine rings is 2. The van der Waals surface area contributed by atoms with Crippen molar-refractivity contribution in [3.63, 3.8) is 0 Å². The summed E-state index contributed by atoms with van der Waals surface area (Å²) < 4.78 is 41.8. The summed E-state index contributed by atoms with van der Waals surface area (Å²) >= 11 is 0. The molecule has 11 heteroatoms. The zero-order valence-corrected chi connectivity index (χ0v) is 27.1. The zero-order chi connectivity index (χ0) is 33.1. The maximum atomic E-state index is 16.4. The lowest BCUT2D eigenvalue weighted by Crippen LogP contribution is -2.39. The van der Waals surface area contributed by atoms with E-state index in [1.807, 2.05) is 30.3 Å². The van der Waals surface area contributed by atoms with Gasteiger partial charge in [0, 0.05) is 48.0 Å². The van der Waals surface area contributed by atoms with Crippen LogP contribution in [-0.2, 0) is 16.0 Å². The second-order valence-corrected chi connectivity index (χ2v) is 13.5. The van der Waals surface area contributed by atoms with Crippen molar-refractivity contribution in [3.8, 4) is 22.9 Å². The number of hydrogen-bond donors (Lipinski definition) is 2. The summed E-state index contributed by atoms with van der Waals surface area (Å²) in [7, 11) is 2.91. The Morgan fingerprint density at radius 2 is 1.98 bits per heavy atom. The Kier molecular flexibility index (Phi) is 7.91. The number of methoxy groups -OCH3 is 2. The van der Waals surface area contributed by atoms with Crippen molar-refractivity contribution >= 4 is 38.5 Å². The van der Waals surface area contributed by atoms with Crippen molar-refractivity contribution in [2.75, 3.05) is 33.9 Å². The molecule has 3 aromatic heterocycles. The number of carbonyl (C=O) groups is 1. The standard InChI is InChI=1S/C30H27FN4O4.C7H12FN/c1-38-24(37)8-7-17-11-21-29(35(17)28-16-10-23(28)32-13-16)22-14-33-26(25(31)27(22)34-30(21)39-2)20-12-18(36)9-15-5-3-4-6-19(15)20;8-6-4-7-2-1-3-9(7)5-6/h3-6,9,11-12,14,16,23,28,32,36H,7-8,10,13H2,1-2H3;6-7H,1-5H2. The van der Waals surface area contributed by atoms with Gasteiger partial charge in [0.2, 0.25) is 5.88 Å². The highest BCUT2D eigenvalue weighted by Gasteiger charge is 2.49. The van der Waals surface area contributed by atoms with Crippen molar-refractivity contribution in [2.24, 2.45) is 5.92 Å². The lowest BCUT2D eigenvalue weighted by molar-refractivity contribution is -0.140. The van der Waals surface area contributed by atoms with Crippen LogP contribution in [0.15, 0.2) is 48.7 Å². The number of rotatable bonds is 6. The van der Waals surface area contributed by atoms with Gasteiger partial charge in [-0.2, -0.15) is 0 Å². The Morgan fingerprint density at radius 3 is 2.73 bits per heavy atom. The number of hydrogen-bond acceptors (Lipinski definition) is 8. The van der Waals surface area contributed by atoms with Crippen molar-refractivity contribution < 1.29 is 28.2 Å². The van der Waals surface area contributed by atoms with Crippen molar-refractivity contribution in [3.05, 3.63) is 60.2 Å². The van der Waals surface area contributed by atoms with E-state index in [0.717, 1.165) is 53.3 Å². The number of ether oxygens (including phenoxy) is 2. The summed E-state index contributed by atoms with van der Waals surface area (Å²) in [5, 5.41) is 16.8. The number of aromatic nitrogens is 3. The van der Waals surface area contributed by atoms with E-state index in [4.69, 9.17) is 9.47 Å². The molecule has 0 amide bonds. The summed E-state index contributed by atoms with van der Waals surface area (Å²) in [6.45, 7) is 2.78. The molecule has 0 spiro atoms. The van der Waals surface area contributed by atoms with Crippen LogP contribution in [0.2, 0.25) is 0 Å². The molecule has 0 radical (unpaired) electrons. The summed E-state index contributed by atoms with van der Waals surface area (Å²) in [5.74, 6) is -0.0725. The molecule has 5 fully saturated rings. The van der Waals surface area contributed by atoms with Crippen LogP contribution in [0.25, 0.3) is 43.8 Å². The Labute approximate surface area is 276 Å². The molecule has 2 N–H and O–H groups in total. The number of benzene rings is 2. The Morgan fingerprint density at radius 1 is 1.12 bits per heavy atom. The van der Waals surface area contributed by atoms with Gasteiger partial charge in [-0.05, 0) is 73.5 Å². The molecule has 5 unspecified atom stereocenters. The van der Waals surface area contributed by atoms with Gasteiger partial charge in [-0.25, -0.2) is 13.8 Å². The molecule has 9 nitrogen and oxygen atoms in total. The van der Waals surface area contributed by atoms with E-state index in [1.54, 1.807) is 12.3 Å². The minimum absolute atomic E-state index is 0.0306. The van der Waals surface area contributed by atoms with E-state index >= 15 is 4.39 Å². The van der Waals surface area contributed by atoms with E-state index in [9.17, 15) is 14.3 Å². The van der Waals surface area contributed by atoms with E-state index in [2.05, 4.69) is 24.8 Å². The van der Waals surface area contributed by atoms with Gasteiger partial charge in [0.25, 0.3) is 0 Å². The number of aromatic hydroxyl groups is 1. The predicted molar refractivity (Wildman–Crippen MR) is 180 cm³/mol. The molecular formula is C37H39F2N5O4. The number of phenolic OH excluding ortho intramolecular Hbond substituents is 1. The molecule has 7 heterocycles. The third kappa shape index (κ3) is 5.15. The quantitative estimate of drug-likeness (QED) is 0.212. The number of carbonyl (C=O) groups excluding carboxylic acids is 1. The van der Waals surface area contributed by atoms with Crippen molar-refractivity contribution in [1.82, 2.24) is 24.8 Å². The number of nitrogens with zero attached hydrogens (tertiary/aromatic N) is 4. The number of phenols is 1. The average molecular weight is 656 g/mol. The fraction of sp³-hybridized carbons (Fsp3) is 0.432. The van der Waals surface area contributed by atoms with Crippen LogP contribution in [0.3, 0.4) is 0 Å². The van der Waals surface area contributed by atoms with Gasteiger partial charge in [0.15, 0.2) is 5.82 Å². The summed E-state index contributed by atoms with van der Waals surface area (Å²) in [4.78, 5) is 23.5. The molecule has 5 atom stereocenters. The minimum atomic E-state index is -0.581. The van der Waals surface area contributed by atoms with E-state index in [-0.39, 0.29) is 35.4 Å². The van der Waals surface area contributed by atoms with Crippen molar-refractivity contribution in [2.45, 2.75) is 62.8 Å². The van der Waals surface area contributed by atoms with Crippen molar-refractivity contribution in [1.29, 1.82) is 0 Å². The van der Waals surface area contributed by atoms with Crippen LogP contribution in [-0.4, -0.2) is 82.6 Å². The van der Waals surface area contributed by atoms with Crippen LogP contribution in [0, 0.1) is 11.7 Å². The number of halogens is 2. The second kappa shape index (κ2) is 12.3. The third-order valence-corrected chi connectivity index (χ3v) is 10.8. The van der Waals surface area contributed by atoms with Gasteiger partial charge in [0.1, 0.15) is 23.1 Å². The topological polar surface area (TPSA) is 102 Å². The molecule has 10 rings (SSSR count). The Hall–Kier alpha value is -4.35. The van der Waals surface area contributed by atoms with E-state index < -0.39 is 12.0 Å². The molecule has 2 bridgehead atoms. The van der Waals surface area contributed by atoms with E-state index in [1.165, 1.54) is 33.1 Å². The molecular weight excluding hydrogens is 616 g/mol. The maximum absolute atomic E-state index is 16.4. The molecule has 5 aromatic rings.